The summed E-state index contributed by atoms with van der Waals surface area (Å²) in [6, 6.07) is 19.5. The molecule has 35 heavy (non-hydrogen) atoms. The van der Waals surface area contributed by atoms with Crippen molar-refractivity contribution >= 4 is 27.6 Å². The van der Waals surface area contributed by atoms with Gasteiger partial charge in [-0.25, -0.2) is 0 Å². The van der Waals surface area contributed by atoms with Gasteiger partial charge >= 0.3 is 10.1 Å². The van der Waals surface area contributed by atoms with Crippen LogP contribution in [0.2, 0.25) is 5.02 Å². The Morgan fingerprint density at radius 2 is 1.77 bits per heavy atom. The Labute approximate surface area is 210 Å². The molecule has 184 valence electrons. The lowest BCUT2D eigenvalue weighted by atomic mass is 10.1. The highest BCUT2D eigenvalue weighted by Crippen LogP contribution is 2.27. The molecule has 1 aliphatic rings. The van der Waals surface area contributed by atoms with E-state index in [0.717, 1.165) is 12.8 Å². The van der Waals surface area contributed by atoms with Gasteiger partial charge in [0.15, 0.2) is 0 Å². The second-order valence-electron chi connectivity index (χ2n) is 8.12. The third-order valence-electron chi connectivity index (χ3n) is 5.72. The molecule has 1 atom stereocenters. The molecule has 0 spiro atoms. The summed E-state index contributed by atoms with van der Waals surface area (Å²) in [5.74, 6) is 0.416. The minimum absolute atomic E-state index is 0.00328. The third-order valence-corrected chi connectivity index (χ3v) is 7.30. The van der Waals surface area contributed by atoms with E-state index in [1.54, 1.807) is 65.6 Å². The molecule has 1 unspecified atom stereocenters. The molecule has 0 saturated carbocycles. The van der Waals surface area contributed by atoms with Crippen LogP contribution in [0.3, 0.4) is 0 Å². The minimum atomic E-state index is -4.10. The molecule has 0 bridgehead atoms. The van der Waals surface area contributed by atoms with Gasteiger partial charge in [-0.3, -0.25) is 4.79 Å². The smallest absolute Gasteiger partial charge is 0.339 e. The molecule has 3 aromatic rings. The maximum Gasteiger partial charge on any atom is 0.339 e. The van der Waals surface area contributed by atoms with Crippen LogP contribution in [0.15, 0.2) is 77.7 Å². The lowest BCUT2D eigenvalue weighted by molar-refractivity contribution is 0.0506. The molecule has 1 amide bonds. The van der Waals surface area contributed by atoms with E-state index in [9.17, 15) is 13.2 Å². The number of rotatable bonds is 9. The Balaban J connectivity index is 1.61. The van der Waals surface area contributed by atoms with Gasteiger partial charge in [0.05, 0.1) is 23.8 Å². The highest BCUT2D eigenvalue weighted by Gasteiger charge is 2.26. The van der Waals surface area contributed by atoms with Gasteiger partial charge in [-0.1, -0.05) is 41.9 Å². The van der Waals surface area contributed by atoms with Crippen LogP contribution in [-0.4, -0.2) is 45.6 Å². The normalized spacial score (nSPS) is 15.5. The predicted molar refractivity (Wildman–Crippen MR) is 132 cm³/mol. The first kappa shape index (κ1) is 25.0. The summed E-state index contributed by atoms with van der Waals surface area (Å²) in [4.78, 5) is 15.1. The molecule has 1 heterocycles. The molecule has 0 radical (unpaired) electrons. The van der Waals surface area contributed by atoms with Gasteiger partial charge in [0.2, 0.25) is 0 Å². The highest BCUT2D eigenvalue weighted by atomic mass is 35.5. The van der Waals surface area contributed by atoms with Crippen LogP contribution in [0.4, 0.5) is 0 Å². The van der Waals surface area contributed by atoms with Gasteiger partial charge in [-0.2, -0.15) is 8.42 Å². The minimum Gasteiger partial charge on any atom is -0.497 e. The van der Waals surface area contributed by atoms with Crippen molar-refractivity contribution in [3.63, 3.8) is 0 Å². The molecule has 3 aromatic carbocycles. The number of benzene rings is 3. The highest BCUT2D eigenvalue weighted by molar-refractivity contribution is 7.87. The van der Waals surface area contributed by atoms with Crippen molar-refractivity contribution in [2.45, 2.75) is 30.4 Å². The van der Waals surface area contributed by atoms with Crippen LogP contribution in [0, 0.1) is 0 Å². The predicted octanol–water partition coefficient (Wildman–Crippen LogP) is 4.94. The van der Waals surface area contributed by atoms with Crippen molar-refractivity contribution in [3.8, 4) is 11.5 Å². The topological polar surface area (TPSA) is 82.1 Å². The van der Waals surface area contributed by atoms with Crippen LogP contribution >= 0.6 is 11.6 Å². The monoisotopic (exact) mass is 515 g/mol. The number of ether oxygens (including phenoxy) is 2. The Hall–Kier alpha value is -3.07. The number of nitrogens with zero attached hydrogens (tertiary/aromatic N) is 1. The Morgan fingerprint density at radius 3 is 2.46 bits per heavy atom. The maximum absolute atomic E-state index is 13.5. The van der Waals surface area contributed by atoms with Gasteiger partial charge in [0, 0.05) is 25.3 Å². The van der Waals surface area contributed by atoms with Gasteiger partial charge in [-0.05, 0) is 55.3 Å². The van der Waals surface area contributed by atoms with E-state index < -0.39 is 10.1 Å². The van der Waals surface area contributed by atoms with Gasteiger partial charge in [-0.15, -0.1) is 0 Å². The van der Waals surface area contributed by atoms with Crippen molar-refractivity contribution in [2.24, 2.45) is 0 Å². The van der Waals surface area contributed by atoms with Gasteiger partial charge < -0.3 is 18.6 Å². The lowest BCUT2D eigenvalue weighted by Crippen LogP contribution is -2.37. The lowest BCUT2D eigenvalue weighted by Gasteiger charge is -2.27. The van der Waals surface area contributed by atoms with Crippen molar-refractivity contribution < 1.29 is 26.9 Å². The van der Waals surface area contributed by atoms with Crippen molar-refractivity contribution in [2.75, 3.05) is 20.3 Å². The van der Waals surface area contributed by atoms with E-state index in [4.69, 9.17) is 25.3 Å². The molecule has 1 saturated heterocycles. The van der Waals surface area contributed by atoms with Gasteiger partial charge in [0.1, 0.15) is 16.4 Å². The zero-order valence-electron chi connectivity index (χ0n) is 19.2. The summed E-state index contributed by atoms with van der Waals surface area (Å²) in [5.41, 5.74) is 0.916. The van der Waals surface area contributed by atoms with Crippen molar-refractivity contribution in [1.29, 1.82) is 0 Å². The van der Waals surface area contributed by atoms with Crippen LogP contribution in [0.5, 0.6) is 11.5 Å². The zero-order valence-corrected chi connectivity index (χ0v) is 20.8. The number of amides is 1. The Morgan fingerprint density at radius 1 is 1.06 bits per heavy atom. The fourth-order valence-corrected chi connectivity index (χ4v) is 5.07. The average Bonchev–Trinajstić information content (AvgIpc) is 3.38. The number of hydrogen-bond donors (Lipinski definition) is 0. The summed E-state index contributed by atoms with van der Waals surface area (Å²) in [6.07, 6.45) is 1.67. The summed E-state index contributed by atoms with van der Waals surface area (Å²) in [7, 11) is -2.60. The molecule has 9 heteroatoms. The quantitative estimate of drug-likeness (QED) is 0.375. The Kier molecular flexibility index (Phi) is 7.95. The first-order chi connectivity index (χ1) is 16.9. The number of hydrogen-bond acceptors (Lipinski definition) is 6. The number of carbonyl (C=O) groups is 1. The largest absolute Gasteiger partial charge is 0.497 e. The van der Waals surface area contributed by atoms with Crippen molar-refractivity contribution in [1.82, 2.24) is 4.90 Å². The molecule has 7 nitrogen and oxygen atoms in total. The number of carbonyl (C=O) groups excluding carboxylic acids is 1. The first-order valence-corrected chi connectivity index (χ1v) is 13.0. The second-order valence-corrected chi connectivity index (χ2v) is 10.1. The first-order valence-electron chi connectivity index (χ1n) is 11.2. The van der Waals surface area contributed by atoms with Crippen LogP contribution < -0.4 is 8.92 Å². The van der Waals surface area contributed by atoms with Gasteiger partial charge in [0.25, 0.3) is 5.91 Å². The zero-order chi connectivity index (χ0) is 24.8. The molecule has 1 aliphatic heterocycles. The molecular formula is C26H26ClNO6S. The fraction of sp³-hybridized carbons (Fsp3) is 0.269. The van der Waals surface area contributed by atoms with E-state index in [2.05, 4.69) is 0 Å². The molecule has 1 fully saturated rings. The van der Waals surface area contributed by atoms with E-state index >= 15 is 0 Å². The summed E-state index contributed by atoms with van der Waals surface area (Å²) in [6.45, 7) is 1.13. The summed E-state index contributed by atoms with van der Waals surface area (Å²) >= 11 is 6.30. The average molecular weight is 516 g/mol. The molecule has 0 aliphatic carbocycles. The van der Waals surface area contributed by atoms with E-state index in [0.29, 0.717) is 35.1 Å². The van der Waals surface area contributed by atoms with Crippen LogP contribution in [0.1, 0.15) is 28.8 Å². The number of methoxy groups -OCH3 is 1. The fourth-order valence-electron chi connectivity index (χ4n) is 3.89. The SMILES string of the molecule is COc1ccc(S(=O)(=O)Oc2ccccc2CN(CC2CCCO2)C(=O)c2ccccc2Cl)cc1. The summed E-state index contributed by atoms with van der Waals surface area (Å²) < 4.78 is 42.2. The maximum atomic E-state index is 13.5. The van der Waals surface area contributed by atoms with Crippen LogP contribution in [-0.2, 0) is 21.4 Å². The molecule has 4 rings (SSSR count). The van der Waals surface area contributed by atoms with Crippen LogP contribution in [0.25, 0.3) is 0 Å². The molecule has 0 N–H and O–H groups in total. The molecule has 0 aromatic heterocycles. The second kappa shape index (κ2) is 11.1. The van der Waals surface area contributed by atoms with E-state index in [1.807, 2.05) is 0 Å². The Bertz CT molecular complexity index is 1270. The standard InChI is InChI=1S/C26H26ClNO6S/c1-32-20-12-14-22(15-13-20)35(30,31)34-25-11-5-2-7-19(25)17-28(18-21-8-6-16-33-21)26(29)23-9-3-4-10-24(23)27/h2-5,7,9-15,21H,6,8,16-18H2,1H3. The van der Waals surface area contributed by atoms with Crippen molar-refractivity contribution in [3.05, 3.63) is 88.9 Å². The van der Waals surface area contributed by atoms with E-state index in [-0.39, 0.29) is 29.2 Å². The number of para-hydroxylation sites is 1. The summed E-state index contributed by atoms with van der Waals surface area (Å²) in [5, 5.41) is 0.349. The third kappa shape index (κ3) is 6.14. The van der Waals surface area contributed by atoms with E-state index in [1.165, 1.54) is 19.2 Å². The number of halogens is 1. The molecular weight excluding hydrogens is 490 g/mol.